The van der Waals surface area contributed by atoms with Crippen molar-refractivity contribution in [3.05, 3.63) is 48.0 Å². The van der Waals surface area contributed by atoms with Crippen molar-refractivity contribution in [3.63, 3.8) is 0 Å². The van der Waals surface area contributed by atoms with Crippen molar-refractivity contribution >= 4 is 5.91 Å². The third-order valence-corrected chi connectivity index (χ3v) is 6.33. The molecule has 184 valence electrons. The number of amides is 1. The van der Waals surface area contributed by atoms with E-state index >= 15 is 0 Å². The molecule has 1 N–H and O–H groups in total. The Morgan fingerprint density at radius 1 is 1.12 bits per heavy atom. The normalized spacial score (nSPS) is 18.7. The zero-order valence-electron chi connectivity index (χ0n) is 20.3. The van der Waals surface area contributed by atoms with Gasteiger partial charge in [-0.3, -0.25) is 4.79 Å². The predicted molar refractivity (Wildman–Crippen MR) is 131 cm³/mol. The lowest BCUT2D eigenvalue weighted by molar-refractivity contribution is -0.122. The fourth-order valence-electron chi connectivity index (χ4n) is 4.66. The summed E-state index contributed by atoms with van der Waals surface area (Å²) in [6, 6.07) is 13.5. The van der Waals surface area contributed by atoms with E-state index in [0.717, 1.165) is 54.6 Å². The van der Waals surface area contributed by atoms with Gasteiger partial charge in [-0.2, -0.15) is 0 Å². The second-order valence-electron chi connectivity index (χ2n) is 9.23. The highest BCUT2D eigenvalue weighted by atomic mass is 16.6. The Morgan fingerprint density at radius 3 is 2.65 bits per heavy atom. The van der Waals surface area contributed by atoms with Gasteiger partial charge >= 0.3 is 0 Å². The van der Waals surface area contributed by atoms with E-state index in [4.69, 9.17) is 18.9 Å². The number of fused-ring (bicyclic) bond motifs is 1. The molecule has 0 bridgehead atoms. The molecule has 1 unspecified atom stereocenters. The Kier molecular flexibility index (Phi) is 8.52. The van der Waals surface area contributed by atoms with Gasteiger partial charge in [0, 0.05) is 19.1 Å². The number of nitrogens with one attached hydrogen (secondary N) is 1. The summed E-state index contributed by atoms with van der Waals surface area (Å²) in [5.74, 6) is 3.77. The summed E-state index contributed by atoms with van der Waals surface area (Å²) in [6.45, 7) is 6.77. The third kappa shape index (κ3) is 7.03. The van der Waals surface area contributed by atoms with E-state index in [2.05, 4.69) is 23.2 Å². The van der Waals surface area contributed by atoms with Crippen molar-refractivity contribution < 1.29 is 23.7 Å². The number of nitrogens with zero attached hydrogens (tertiary/aromatic N) is 1. The summed E-state index contributed by atoms with van der Waals surface area (Å²) in [5.41, 5.74) is 1.13. The third-order valence-electron chi connectivity index (χ3n) is 6.33. The number of ether oxygens (including phenoxy) is 4. The quantitative estimate of drug-likeness (QED) is 0.574. The molecule has 0 aliphatic carbocycles. The standard InChI is InChI=1S/C27H36N2O5/c1-20-4-3-12-29(18-20)19-22(16-21-5-10-25-26(17-21)34-15-14-33-25)28-27(30)11-13-32-24-8-6-23(31-2)7-9-24/h5-10,17,20,22H,3-4,11-16,18-19H2,1-2H3,(H,28,30)/t20?,22-/m0/s1. The largest absolute Gasteiger partial charge is 0.497 e. The van der Waals surface area contributed by atoms with E-state index in [1.807, 2.05) is 36.4 Å². The molecule has 2 heterocycles. The van der Waals surface area contributed by atoms with Crippen molar-refractivity contribution in [2.24, 2.45) is 5.92 Å². The SMILES string of the molecule is COc1ccc(OCCC(=O)N[C@@H](Cc2ccc3c(c2)OCCO3)CN2CCCC(C)C2)cc1. The lowest BCUT2D eigenvalue weighted by Crippen LogP contribution is -2.47. The molecule has 2 aromatic rings. The van der Waals surface area contributed by atoms with Crippen LogP contribution < -0.4 is 24.3 Å². The molecule has 2 aliphatic rings. The highest BCUT2D eigenvalue weighted by molar-refractivity contribution is 5.76. The molecule has 0 aromatic heterocycles. The Labute approximate surface area is 202 Å². The van der Waals surface area contributed by atoms with Crippen LogP contribution in [0.25, 0.3) is 0 Å². The predicted octanol–water partition coefficient (Wildman–Crippen LogP) is 3.69. The van der Waals surface area contributed by atoms with Crippen LogP contribution in [0, 0.1) is 5.92 Å². The van der Waals surface area contributed by atoms with Gasteiger partial charge in [0.25, 0.3) is 0 Å². The molecule has 1 fully saturated rings. The molecule has 2 atom stereocenters. The number of piperidine rings is 1. The van der Waals surface area contributed by atoms with Crippen LogP contribution in [-0.4, -0.2) is 63.4 Å². The second kappa shape index (κ2) is 12.0. The summed E-state index contributed by atoms with van der Waals surface area (Å²) in [7, 11) is 1.63. The number of carbonyl (C=O) groups excluding carboxylic acids is 1. The van der Waals surface area contributed by atoms with Crippen LogP contribution in [0.5, 0.6) is 23.0 Å². The van der Waals surface area contributed by atoms with Gasteiger partial charge in [-0.25, -0.2) is 0 Å². The minimum Gasteiger partial charge on any atom is -0.497 e. The summed E-state index contributed by atoms with van der Waals surface area (Å²) in [4.78, 5) is 15.3. The lowest BCUT2D eigenvalue weighted by Gasteiger charge is -2.34. The Bertz CT molecular complexity index is 933. The van der Waals surface area contributed by atoms with Gasteiger partial charge in [-0.15, -0.1) is 0 Å². The number of rotatable bonds is 10. The van der Waals surface area contributed by atoms with Crippen LogP contribution >= 0.6 is 0 Å². The molecular weight excluding hydrogens is 432 g/mol. The van der Waals surface area contributed by atoms with Crippen LogP contribution in [0.1, 0.15) is 31.7 Å². The number of hydrogen-bond acceptors (Lipinski definition) is 6. The molecule has 1 amide bonds. The Hall–Kier alpha value is -2.93. The first-order chi connectivity index (χ1) is 16.6. The average molecular weight is 469 g/mol. The van der Waals surface area contributed by atoms with Crippen LogP contribution in [0.15, 0.2) is 42.5 Å². The smallest absolute Gasteiger partial charge is 0.223 e. The van der Waals surface area contributed by atoms with Crippen LogP contribution in [0.3, 0.4) is 0 Å². The van der Waals surface area contributed by atoms with Gasteiger partial charge in [-0.05, 0) is 73.7 Å². The number of likely N-dealkylation sites (tertiary alicyclic amines) is 1. The minimum absolute atomic E-state index is 0.00103. The number of benzene rings is 2. The maximum Gasteiger partial charge on any atom is 0.223 e. The summed E-state index contributed by atoms with van der Waals surface area (Å²) >= 11 is 0. The van der Waals surface area contributed by atoms with Crippen molar-refractivity contribution in [1.82, 2.24) is 10.2 Å². The summed E-state index contributed by atoms with van der Waals surface area (Å²) in [6.07, 6.45) is 3.53. The van der Waals surface area contributed by atoms with E-state index in [1.165, 1.54) is 12.8 Å². The van der Waals surface area contributed by atoms with Crippen molar-refractivity contribution in [2.45, 2.75) is 38.6 Å². The van der Waals surface area contributed by atoms with E-state index in [1.54, 1.807) is 7.11 Å². The van der Waals surface area contributed by atoms with Gasteiger partial charge in [0.05, 0.1) is 20.1 Å². The Balaban J connectivity index is 1.34. The fourth-order valence-corrected chi connectivity index (χ4v) is 4.66. The van der Waals surface area contributed by atoms with Crippen LogP contribution in [0.2, 0.25) is 0 Å². The molecule has 7 heteroatoms. The molecule has 7 nitrogen and oxygen atoms in total. The van der Waals surface area contributed by atoms with E-state index in [9.17, 15) is 4.79 Å². The van der Waals surface area contributed by atoms with Crippen LogP contribution in [-0.2, 0) is 11.2 Å². The second-order valence-corrected chi connectivity index (χ2v) is 9.23. The molecule has 1 saturated heterocycles. The number of methoxy groups -OCH3 is 1. The van der Waals surface area contributed by atoms with E-state index < -0.39 is 0 Å². The van der Waals surface area contributed by atoms with Gasteiger partial charge in [0.2, 0.25) is 5.91 Å². The molecule has 0 saturated carbocycles. The minimum atomic E-state index is 0.00103. The Morgan fingerprint density at radius 2 is 1.88 bits per heavy atom. The van der Waals surface area contributed by atoms with Crippen molar-refractivity contribution in [1.29, 1.82) is 0 Å². The molecule has 4 rings (SSSR count). The zero-order valence-corrected chi connectivity index (χ0v) is 20.3. The first-order valence-corrected chi connectivity index (χ1v) is 12.3. The summed E-state index contributed by atoms with van der Waals surface area (Å²) in [5, 5.41) is 3.26. The molecule has 2 aliphatic heterocycles. The molecule has 0 spiro atoms. The number of hydrogen-bond donors (Lipinski definition) is 1. The maximum atomic E-state index is 12.8. The lowest BCUT2D eigenvalue weighted by atomic mass is 9.98. The topological polar surface area (TPSA) is 69.3 Å². The van der Waals surface area contributed by atoms with Gasteiger partial charge < -0.3 is 29.2 Å². The molecular formula is C27H36N2O5. The van der Waals surface area contributed by atoms with E-state index in [-0.39, 0.29) is 11.9 Å². The molecule has 2 aromatic carbocycles. The first kappa shape index (κ1) is 24.2. The summed E-state index contributed by atoms with van der Waals surface area (Å²) < 4.78 is 22.3. The highest BCUT2D eigenvalue weighted by Crippen LogP contribution is 2.31. The maximum absolute atomic E-state index is 12.8. The van der Waals surface area contributed by atoms with Gasteiger partial charge in [-0.1, -0.05) is 13.0 Å². The van der Waals surface area contributed by atoms with Crippen molar-refractivity contribution in [3.8, 4) is 23.0 Å². The van der Waals surface area contributed by atoms with Gasteiger partial charge in [0.1, 0.15) is 24.7 Å². The molecule has 0 radical (unpaired) electrons. The molecule has 34 heavy (non-hydrogen) atoms. The number of carbonyl (C=O) groups is 1. The van der Waals surface area contributed by atoms with Crippen molar-refractivity contribution in [2.75, 3.05) is 46.6 Å². The van der Waals surface area contributed by atoms with E-state index in [0.29, 0.717) is 32.2 Å². The first-order valence-electron chi connectivity index (χ1n) is 12.3. The zero-order chi connectivity index (χ0) is 23.8. The van der Waals surface area contributed by atoms with Crippen LogP contribution in [0.4, 0.5) is 0 Å². The van der Waals surface area contributed by atoms with Gasteiger partial charge in [0.15, 0.2) is 11.5 Å². The fraction of sp³-hybridized carbons (Fsp3) is 0.519. The average Bonchev–Trinajstić information content (AvgIpc) is 2.84. The monoisotopic (exact) mass is 468 g/mol. The highest BCUT2D eigenvalue weighted by Gasteiger charge is 2.22.